The molecule has 0 fully saturated rings. The molecule has 0 amide bonds. The molecule has 4 rings (SSSR count). The van der Waals surface area contributed by atoms with Crippen LogP contribution in [0.25, 0.3) is 11.1 Å². The fourth-order valence-corrected chi connectivity index (χ4v) is 3.23. The van der Waals surface area contributed by atoms with Crippen molar-refractivity contribution in [1.82, 2.24) is 4.98 Å². The van der Waals surface area contributed by atoms with Gasteiger partial charge in [0, 0.05) is 23.8 Å². The van der Waals surface area contributed by atoms with Crippen LogP contribution < -0.4 is 10.1 Å². The maximum atomic E-state index is 10.5. The van der Waals surface area contributed by atoms with Gasteiger partial charge in [-0.25, -0.2) is 4.79 Å². The van der Waals surface area contributed by atoms with Gasteiger partial charge in [-0.3, -0.25) is 4.98 Å². The van der Waals surface area contributed by atoms with Crippen molar-refractivity contribution in [3.05, 3.63) is 77.1 Å². The number of carboxylic acids is 1. The number of fused-ring (bicyclic) bond motifs is 1. The molecule has 0 saturated carbocycles. The molecule has 2 aromatic carbocycles. The van der Waals surface area contributed by atoms with Gasteiger partial charge in [0.25, 0.3) is 0 Å². The smallest absolute Gasteiger partial charge is 0.337 e. The summed E-state index contributed by atoms with van der Waals surface area (Å²) in [7, 11) is 1.66. The van der Waals surface area contributed by atoms with Gasteiger partial charge in [0.05, 0.1) is 24.1 Å². The molecular weight excluding hydrogens is 376 g/mol. The second-order valence-corrected chi connectivity index (χ2v) is 6.64. The lowest BCUT2D eigenvalue weighted by molar-refractivity contribution is 0.0698. The number of aryl methyl sites for hydroxylation is 1. The molecule has 0 bridgehead atoms. The number of nitrogens with one attached hydrogen (secondary N) is 1. The van der Waals surface area contributed by atoms with Crippen LogP contribution in [-0.4, -0.2) is 29.7 Å². The van der Waals surface area contributed by atoms with Crippen molar-refractivity contribution in [3.63, 3.8) is 0 Å². The quantitative estimate of drug-likeness (QED) is 0.640. The van der Waals surface area contributed by atoms with Crippen molar-refractivity contribution in [2.75, 3.05) is 19.0 Å². The Hall–Kier alpha value is -3.05. The Morgan fingerprint density at radius 1 is 1.21 bits per heavy atom. The predicted octanol–water partition coefficient (Wildman–Crippen LogP) is 5.15. The summed E-state index contributed by atoms with van der Waals surface area (Å²) in [5.74, 6) is 0.0606. The summed E-state index contributed by atoms with van der Waals surface area (Å²) in [6.45, 7) is 0.818. The minimum absolute atomic E-state index is 0.238. The molecule has 2 heterocycles. The fraction of sp³-hybridized carbons (Fsp3) is 0.182. The van der Waals surface area contributed by atoms with Crippen molar-refractivity contribution in [1.29, 1.82) is 0 Å². The maximum absolute atomic E-state index is 10.5. The number of aromatic nitrogens is 1. The van der Waals surface area contributed by atoms with E-state index < -0.39 is 5.97 Å². The highest BCUT2D eigenvalue weighted by atomic mass is 35.5. The number of aromatic carboxylic acids is 1. The van der Waals surface area contributed by atoms with Crippen molar-refractivity contribution in [2.45, 2.75) is 12.8 Å². The first-order valence-corrected chi connectivity index (χ1v) is 9.33. The summed E-state index contributed by atoms with van der Waals surface area (Å²) < 4.78 is 5.68. The third kappa shape index (κ3) is 4.61. The van der Waals surface area contributed by atoms with E-state index in [1.54, 1.807) is 7.05 Å². The van der Waals surface area contributed by atoms with E-state index in [0.29, 0.717) is 5.69 Å². The molecule has 0 unspecified atom stereocenters. The van der Waals surface area contributed by atoms with Gasteiger partial charge in [-0.15, -0.1) is 0 Å². The largest absolute Gasteiger partial charge is 0.493 e. The van der Waals surface area contributed by atoms with E-state index in [4.69, 9.17) is 21.4 Å². The lowest BCUT2D eigenvalue weighted by atomic mass is 10.00. The van der Waals surface area contributed by atoms with E-state index in [-0.39, 0.29) is 5.56 Å². The Morgan fingerprint density at radius 2 is 2.04 bits per heavy atom. The number of pyridine rings is 1. The van der Waals surface area contributed by atoms with E-state index >= 15 is 0 Å². The molecule has 1 aliphatic rings. The Kier molecular flexibility index (Phi) is 6.50. The zero-order valence-corrected chi connectivity index (χ0v) is 16.2. The summed E-state index contributed by atoms with van der Waals surface area (Å²) in [6, 6.07) is 15.7. The maximum Gasteiger partial charge on any atom is 0.337 e. The predicted molar refractivity (Wildman–Crippen MR) is 111 cm³/mol. The Balaban J connectivity index is 0.000000178. The van der Waals surface area contributed by atoms with Gasteiger partial charge in [0.2, 0.25) is 0 Å². The van der Waals surface area contributed by atoms with Crippen molar-refractivity contribution in [3.8, 4) is 16.9 Å². The van der Waals surface area contributed by atoms with Crippen molar-refractivity contribution >= 4 is 23.3 Å². The van der Waals surface area contributed by atoms with E-state index in [1.807, 2.05) is 24.3 Å². The molecule has 144 valence electrons. The second-order valence-electron chi connectivity index (χ2n) is 6.23. The topological polar surface area (TPSA) is 71.5 Å². The number of benzene rings is 2. The minimum atomic E-state index is -0.947. The molecule has 6 heteroatoms. The van der Waals surface area contributed by atoms with E-state index in [2.05, 4.69) is 28.5 Å². The van der Waals surface area contributed by atoms with Gasteiger partial charge in [-0.05, 0) is 42.2 Å². The van der Waals surface area contributed by atoms with E-state index in [1.165, 1.54) is 24.0 Å². The van der Waals surface area contributed by atoms with Crippen LogP contribution in [0, 0.1) is 0 Å². The summed E-state index contributed by atoms with van der Waals surface area (Å²) in [6.07, 6.45) is 5.14. The molecule has 0 atom stereocenters. The lowest BCUT2D eigenvalue weighted by Gasteiger charge is -2.18. The van der Waals surface area contributed by atoms with Gasteiger partial charge in [0.15, 0.2) is 0 Å². The lowest BCUT2D eigenvalue weighted by Crippen LogP contribution is -2.07. The average molecular weight is 397 g/mol. The van der Waals surface area contributed by atoms with Crippen LogP contribution in [0.3, 0.4) is 0 Å². The summed E-state index contributed by atoms with van der Waals surface area (Å²) in [5.41, 5.74) is 4.25. The molecule has 3 aromatic rings. The highest BCUT2D eigenvalue weighted by Gasteiger charge is 2.12. The zero-order chi connectivity index (χ0) is 19.9. The van der Waals surface area contributed by atoms with Crippen LogP contribution in [-0.2, 0) is 6.42 Å². The first kappa shape index (κ1) is 19.7. The molecule has 5 nitrogen and oxygen atoms in total. The van der Waals surface area contributed by atoms with Crippen molar-refractivity contribution < 1.29 is 14.6 Å². The van der Waals surface area contributed by atoms with Crippen molar-refractivity contribution in [2.24, 2.45) is 0 Å². The number of hydrogen-bond acceptors (Lipinski definition) is 4. The summed E-state index contributed by atoms with van der Waals surface area (Å²) in [5, 5.41) is 12.1. The van der Waals surface area contributed by atoms with Crippen LogP contribution in [0.5, 0.6) is 5.75 Å². The zero-order valence-electron chi connectivity index (χ0n) is 15.5. The monoisotopic (exact) mass is 396 g/mol. The molecule has 28 heavy (non-hydrogen) atoms. The normalized spacial score (nSPS) is 12.1. The second kappa shape index (κ2) is 9.24. The standard InChI is InChI=1S/C15H13ClO.C7H8N2O2/c16-14-6-2-1-5-13(14)12-8-7-11-4-3-9-17-15(11)10-12;1-8-6-4-9-3-2-5(6)7(10)11/h1-2,5-8,10H,3-4,9H2;2-4,8H,1H3,(H,10,11). The number of hydrogen-bond donors (Lipinski definition) is 2. The van der Waals surface area contributed by atoms with E-state index in [9.17, 15) is 4.79 Å². The van der Waals surface area contributed by atoms with Gasteiger partial charge >= 0.3 is 5.97 Å². The molecule has 0 aliphatic carbocycles. The van der Waals surface area contributed by atoms with Crippen LogP contribution in [0.4, 0.5) is 5.69 Å². The fourth-order valence-electron chi connectivity index (χ4n) is 2.98. The van der Waals surface area contributed by atoms with Gasteiger partial charge in [-0.2, -0.15) is 0 Å². The number of carboxylic acid groups (broad SMARTS) is 1. The number of nitrogens with zero attached hydrogens (tertiary/aromatic N) is 1. The number of ether oxygens (including phenoxy) is 1. The number of anilines is 1. The molecule has 1 aromatic heterocycles. The van der Waals surface area contributed by atoms with Crippen LogP contribution >= 0.6 is 11.6 Å². The molecule has 0 spiro atoms. The number of rotatable bonds is 3. The van der Waals surface area contributed by atoms with Crippen LogP contribution in [0.2, 0.25) is 5.02 Å². The van der Waals surface area contributed by atoms with Gasteiger partial charge in [0.1, 0.15) is 5.75 Å². The Morgan fingerprint density at radius 3 is 2.75 bits per heavy atom. The molecule has 1 aliphatic heterocycles. The molecule has 0 saturated heterocycles. The van der Waals surface area contributed by atoms with Gasteiger partial charge < -0.3 is 15.2 Å². The molecule has 2 N–H and O–H groups in total. The Bertz CT molecular complexity index is 976. The Labute approximate surface area is 169 Å². The van der Waals surface area contributed by atoms with Crippen LogP contribution in [0.15, 0.2) is 60.9 Å². The number of halogens is 1. The first-order chi connectivity index (χ1) is 13.6. The first-order valence-electron chi connectivity index (χ1n) is 8.96. The minimum Gasteiger partial charge on any atom is -0.493 e. The van der Waals surface area contributed by atoms with Gasteiger partial charge in [-0.1, -0.05) is 41.9 Å². The summed E-state index contributed by atoms with van der Waals surface area (Å²) >= 11 is 6.20. The highest BCUT2D eigenvalue weighted by molar-refractivity contribution is 6.33. The average Bonchev–Trinajstić information content (AvgIpc) is 2.74. The van der Waals surface area contributed by atoms with E-state index in [0.717, 1.165) is 41.3 Å². The third-order valence-electron chi connectivity index (χ3n) is 4.42. The number of carbonyl (C=O) groups is 1. The van der Waals surface area contributed by atoms with Crippen LogP contribution in [0.1, 0.15) is 22.3 Å². The SMILES string of the molecule is CNc1cnccc1C(=O)O.Clc1ccccc1-c1ccc2c(c1)OCCC2. The molecular formula is C22H21ClN2O3. The highest BCUT2D eigenvalue weighted by Crippen LogP contribution is 2.33. The third-order valence-corrected chi connectivity index (χ3v) is 4.75. The summed E-state index contributed by atoms with van der Waals surface area (Å²) in [4.78, 5) is 14.3. The molecule has 0 radical (unpaired) electrons.